The minimum Gasteiger partial charge on any atom is -0.385 e. The van der Waals surface area contributed by atoms with Crippen molar-refractivity contribution in [1.82, 2.24) is 4.90 Å². The molecule has 0 spiro atoms. The predicted octanol–water partition coefficient (Wildman–Crippen LogP) is 4.04. The van der Waals surface area contributed by atoms with Crippen molar-refractivity contribution in [2.24, 2.45) is 0 Å². The largest absolute Gasteiger partial charge is 0.417 e. The van der Waals surface area contributed by atoms with Crippen molar-refractivity contribution in [3.8, 4) is 6.07 Å². The molecule has 0 radical (unpaired) electrons. The Morgan fingerprint density at radius 3 is 2.50 bits per heavy atom. The zero-order valence-corrected chi connectivity index (χ0v) is 14.2. The maximum absolute atomic E-state index is 12.9. The highest BCUT2D eigenvalue weighted by Gasteiger charge is 2.33. The number of anilines is 1. The van der Waals surface area contributed by atoms with Gasteiger partial charge in [-0.15, -0.1) is 0 Å². The number of alkyl halides is 3. The fraction of sp³-hybridized carbons (Fsp3) is 0.263. The van der Waals surface area contributed by atoms with Gasteiger partial charge in [0.2, 0.25) is 5.91 Å². The topological polar surface area (TPSA) is 56.1 Å². The van der Waals surface area contributed by atoms with Gasteiger partial charge in [0.05, 0.1) is 17.2 Å². The summed E-state index contributed by atoms with van der Waals surface area (Å²) in [4.78, 5) is 13.7. The first kappa shape index (κ1) is 19.3. The van der Waals surface area contributed by atoms with E-state index in [0.29, 0.717) is 6.54 Å². The number of amides is 1. The van der Waals surface area contributed by atoms with Crippen LogP contribution < -0.4 is 5.32 Å². The van der Waals surface area contributed by atoms with Crippen molar-refractivity contribution in [2.45, 2.75) is 19.1 Å². The zero-order chi connectivity index (χ0) is 19.2. The van der Waals surface area contributed by atoms with Crippen LogP contribution in [0.2, 0.25) is 0 Å². The van der Waals surface area contributed by atoms with Crippen LogP contribution in [0.25, 0.3) is 0 Å². The second kappa shape index (κ2) is 8.39. The highest BCUT2D eigenvalue weighted by atomic mass is 19.4. The van der Waals surface area contributed by atoms with Crippen LogP contribution in [0.4, 0.5) is 18.9 Å². The summed E-state index contributed by atoms with van der Waals surface area (Å²) in [6, 6.07) is 14.4. The molecule has 0 aromatic heterocycles. The predicted molar refractivity (Wildman–Crippen MR) is 92.2 cm³/mol. The molecule has 1 amide bonds. The van der Waals surface area contributed by atoms with Crippen molar-refractivity contribution in [3.63, 3.8) is 0 Å². The van der Waals surface area contributed by atoms with Gasteiger partial charge in [-0.25, -0.2) is 0 Å². The molecule has 0 fully saturated rings. The number of halogens is 3. The van der Waals surface area contributed by atoms with Crippen LogP contribution in [0.1, 0.15) is 23.1 Å². The van der Waals surface area contributed by atoms with Crippen LogP contribution >= 0.6 is 0 Å². The van der Waals surface area contributed by atoms with Gasteiger partial charge in [-0.05, 0) is 23.8 Å². The monoisotopic (exact) mass is 361 g/mol. The second-order valence-corrected chi connectivity index (χ2v) is 5.78. The Kier molecular flexibility index (Phi) is 6.23. The Morgan fingerprint density at radius 1 is 1.19 bits per heavy atom. The third-order valence-corrected chi connectivity index (χ3v) is 3.80. The normalized spacial score (nSPS) is 10.9. The third-order valence-electron chi connectivity index (χ3n) is 3.80. The molecule has 0 unspecified atom stereocenters. The lowest BCUT2D eigenvalue weighted by Crippen LogP contribution is -2.27. The van der Waals surface area contributed by atoms with Gasteiger partial charge in [0.1, 0.15) is 0 Å². The summed E-state index contributed by atoms with van der Waals surface area (Å²) in [6.45, 7) is 0.663. The fourth-order valence-electron chi connectivity index (χ4n) is 2.44. The zero-order valence-electron chi connectivity index (χ0n) is 14.2. The number of benzene rings is 2. The van der Waals surface area contributed by atoms with Crippen LogP contribution in [0.15, 0.2) is 48.5 Å². The number of nitrogens with one attached hydrogen (secondary N) is 1. The van der Waals surface area contributed by atoms with Gasteiger partial charge in [-0.1, -0.05) is 30.3 Å². The van der Waals surface area contributed by atoms with Crippen molar-refractivity contribution >= 4 is 11.6 Å². The molecule has 0 saturated carbocycles. The van der Waals surface area contributed by atoms with Gasteiger partial charge in [0.15, 0.2) is 0 Å². The molecule has 2 aromatic carbocycles. The number of carbonyl (C=O) groups excluding carboxylic acids is 1. The molecule has 7 heteroatoms. The van der Waals surface area contributed by atoms with Crippen LogP contribution in [0, 0.1) is 11.3 Å². The Balaban J connectivity index is 1.91. The standard InChI is InChI=1S/C19H18F3N3O/c1-25(13-14-5-3-2-4-6-14)18(26)9-10-24-16-8-7-15(12-23)17(11-16)19(20,21)22/h2-8,11,24H,9-10,13H2,1H3. The molecular weight excluding hydrogens is 343 g/mol. The summed E-state index contributed by atoms with van der Waals surface area (Å²) in [6.07, 6.45) is -4.46. The molecule has 0 atom stereocenters. The van der Waals surface area contributed by atoms with Gasteiger partial charge in [0.25, 0.3) is 0 Å². The maximum atomic E-state index is 12.9. The summed E-state index contributed by atoms with van der Waals surface area (Å²) < 4.78 is 38.8. The van der Waals surface area contributed by atoms with Crippen molar-refractivity contribution < 1.29 is 18.0 Å². The molecular formula is C19H18F3N3O. The number of carbonyl (C=O) groups is 1. The summed E-state index contributed by atoms with van der Waals surface area (Å²) in [5.74, 6) is -0.119. The molecule has 0 bridgehead atoms. The summed E-state index contributed by atoms with van der Waals surface area (Å²) in [7, 11) is 1.68. The molecule has 0 saturated heterocycles. The highest BCUT2D eigenvalue weighted by molar-refractivity contribution is 5.76. The maximum Gasteiger partial charge on any atom is 0.417 e. The first-order valence-electron chi connectivity index (χ1n) is 7.94. The number of hydrogen-bond acceptors (Lipinski definition) is 3. The lowest BCUT2D eigenvalue weighted by Gasteiger charge is -2.18. The molecule has 0 heterocycles. The Hall–Kier alpha value is -3.01. The highest BCUT2D eigenvalue weighted by Crippen LogP contribution is 2.33. The summed E-state index contributed by atoms with van der Waals surface area (Å²) in [5.41, 5.74) is -0.202. The van der Waals surface area contributed by atoms with Crippen molar-refractivity contribution in [3.05, 3.63) is 65.2 Å². The molecule has 0 aliphatic heterocycles. The smallest absolute Gasteiger partial charge is 0.385 e. The van der Waals surface area contributed by atoms with Gasteiger partial charge >= 0.3 is 6.18 Å². The molecule has 1 N–H and O–H groups in total. The van der Waals surface area contributed by atoms with E-state index in [1.54, 1.807) is 11.9 Å². The lowest BCUT2D eigenvalue weighted by atomic mass is 10.1. The Bertz CT molecular complexity index is 798. The quantitative estimate of drug-likeness (QED) is 0.845. The van der Waals surface area contributed by atoms with E-state index in [-0.39, 0.29) is 24.6 Å². The van der Waals surface area contributed by atoms with Gasteiger partial charge < -0.3 is 10.2 Å². The van der Waals surface area contributed by atoms with Crippen LogP contribution in [0.3, 0.4) is 0 Å². The average molecular weight is 361 g/mol. The first-order valence-corrected chi connectivity index (χ1v) is 7.94. The average Bonchev–Trinajstić information content (AvgIpc) is 2.61. The Labute approximate surface area is 149 Å². The Morgan fingerprint density at radius 2 is 1.88 bits per heavy atom. The van der Waals surface area contributed by atoms with Crippen molar-refractivity contribution in [2.75, 3.05) is 18.9 Å². The first-order chi connectivity index (χ1) is 12.3. The van der Waals surface area contributed by atoms with Gasteiger partial charge in [0, 0.05) is 32.2 Å². The van der Waals surface area contributed by atoms with E-state index in [4.69, 9.17) is 5.26 Å². The number of hydrogen-bond donors (Lipinski definition) is 1. The molecule has 4 nitrogen and oxygen atoms in total. The van der Waals surface area contributed by atoms with Gasteiger partial charge in [-0.2, -0.15) is 18.4 Å². The minimum atomic E-state index is -4.60. The lowest BCUT2D eigenvalue weighted by molar-refractivity contribution is -0.137. The van der Waals surface area contributed by atoms with E-state index in [2.05, 4.69) is 5.32 Å². The minimum absolute atomic E-state index is 0.119. The molecule has 136 valence electrons. The molecule has 2 rings (SSSR count). The van der Waals surface area contributed by atoms with E-state index >= 15 is 0 Å². The molecule has 2 aromatic rings. The molecule has 26 heavy (non-hydrogen) atoms. The van der Waals surface area contributed by atoms with Crippen LogP contribution in [0.5, 0.6) is 0 Å². The van der Waals surface area contributed by atoms with Gasteiger partial charge in [-0.3, -0.25) is 4.79 Å². The third kappa shape index (κ3) is 5.24. The fourth-order valence-corrected chi connectivity index (χ4v) is 2.44. The second-order valence-electron chi connectivity index (χ2n) is 5.78. The number of rotatable bonds is 6. The van der Waals surface area contributed by atoms with E-state index in [1.165, 1.54) is 12.1 Å². The van der Waals surface area contributed by atoms with Crippen LogP contribution in [-0.2, 0) is 17.5 Å². The molecule has 0 aliphatic rings. The SMILES string of the molecule is CN(Cc1ccccc1)C(=O)CCNc1ccc(C#N)c(C(F)(F)F)c1. The van der Waals surface area contributed by atoms with E-state index < -0.39 is 17.3 Å². The molecule has 0 aliphatic carbocycles. The summed E-state index contributed by atoms with van der Waals surface area (Å²) in [5, 5.41) is 11.6. The number of nitrogens with zero attached hydrogens (tertiary/aromatic N) is 2. The summed E-state index contributed by atoms with van der Waals surface area (Å²) >= 11 is 0. The van der Waals surface area contributed by atoms with E-state index in [0.717, 1.165) is 17.7 Å². The van der Waals surface area contributed by atoms with Crippen LogP contribution in [-0.4, -0.2) is 24.4 Å². The number of nitriles is 1. The van der Waals surface area contributed by atoms with E-state index in [1.807, 2.05) is 30.3 Å². The van der Waals surface area contributed by atoms with Crippen molar-refractivity contribution in [1.29, 1.82) is 5.26 Å². The van der Waals surface area contributed by atoms with E-state index in [9.17, 15) is 18.0 Å².